The Hall–Kier alpha value is -2.03. The van der Waals surface area contributed by atoms with Gasteiger partial charge in [-0.3, -0.25) is 9.69 Å². The Kier molecular flexibility index (Phi) is 10.5. The summed E-state index contributed by atoms with van der Waals surface area (Å²) in [5, 5.41) is 4.29. The molecule has 4 rings (SSSR count). The van der Waals surface area contributed by atoms with Crippen molar-refractivity contribution in [3.8, 4) is 0 Å². The second kappa shape index (κ2) is 13.3. The predicted molar refractivity (Wildman–Crippen MR) is 147 cm³/mol. The van der Waals surface area contributed by atoms with E-state index in [4.69, 9.17) is 16.3 Å². The van der Waals surface area contributed by atoms with Crippen LogP contribution in [0.15, 0.2) is 59.5 Å². The molecular formula is C26H28Cl2N2O3S2. The smallest absolute Gasteiger partial charge is 0.341 e. The fourth-order valence-corrected chi connectivity index (χ4v) is 6.19. The van der Waals surface area contributed by atoms with Crippen molar-refractivity contribution in [2.75, 3.05) is 24.2 Å². The molecule has 0 aliphatic carbocycles. The van der Waals surface area contributed by atoms with E-state index in [0.29, 0.717) is 34.4 Å². The average molecular weight is 552 g/mol. The Bertz CT molecular complexity index is 1140. The van der Waals surface area contributed by atoms with Gasteiger partial charge in [-0.05, 0) is 48.7 Å². The van der Waals surface area contributed by atoms with Gasteiger partial charge in [0.05, 0.1) is 12.2 Å². The summed E-state index contributed by atoms with van der Waals surface area (Å²) in [5.41, 5.74) is 2.80. The van der Waals surface area contributed by atoms with Crippen molar-refractivity contribution in [2.24, 2.45) is 0 Å². The molecule has 0 bridgehead atoms. The van der Waals surface area contributed by atoms with Gasteiger partial charge < -0.3 is 10.1 Å². The molecule has 1 aromatic heterocycles. The number of benzene rings is 2. The van der Waals surface area contributed by atoms with E-state index in [1.807, 2.05) is 42.5 Å². The topological polar surface area (TPSA) is 58.6 Å². The minimum atomic E-state index is -0.359. The predicted octanol–water partition coefficient (Wildman–Crippen LogP) is 6.68. The highest BCUT2D eigenvalue weighted by molar-refractivity contribution is 7.99. The van der Waals surface area contributed by atoms with Gasteiger partial charge >= 0.3 is 5.97 Å². The number of hydrogen-bond acceptors (Lipinski definition) is 6. The summed E-state index contributed by atoms with van der Waals surface area (Å²) in [6.07, 6.45) is 1.10. The lowest BCUT2D eigenvalue weighted by Crippen LogP contribution is -2.29. The first kappa shape index (κ1) is 27.6. The molecule has 1 aliphatic rings. The molecule has 186 valence electrons. The molecule has 35 heavy (non-hydrogen) atoms. The van der Waals surface area contributed by atoms with Gasteiger partial charge in [-0.15, -0.1) is 35.5 Å². The van der Waals surface area contributed by atoms with E-state index in [1.54, 1.807) is 18.7 Å². The Morgan fingerprint density at radius 1 is 1.14 bits per heavy atom. The number of rotatable bonds is 9. The first-order valence-electron chi connectivity index (χ1n) is 11.3. The minimum absolute atomic E-state index is 0. The molecule has 0 saturated carbocycles. The number of ether oxygens (including phenoxy) is 1. The normalized spacial score (nSPS) is 13.0. The molecule has 2 heterocycles. The van der Waals surface area contributed by atoms with Crippen LogP contribution in [-0.4, -0.2) is 35.7 Å². The Labute approximate surface area is 225 Å². The van der Waals surface area contributed by atoms with Crippen LogP contribution >= 0.6 is 47.1 Å². The fraction of sp³-hybridized carbons (Fsp3) is 0.308. The first-order valence-corrected chi connectivity index (χ1v) is 13.5. The molecule has 1 amide bonds. The zero-order valence-electron chi connectivity index (χ0n) is 19.4. The van der Waals surface area contributed by atoms with Gasteiger partial charge in [-0.1, -0.05) is 41.9 Å². The summed E-state index contributed by atoms with van der Waals surface area (Å²) in [5.74, 6) is 0.173. The van der Waals surface area contributed by atoms with E-state index in [1.165, 1.54) is 16.9 Å². The third-order valence-electron chi connectivity index (χ3n) is 5.53. The van der Waals surface area contributed by atoms with Crippen molar-refractivity contribution in [2.45, 2.75) is 37.8 Å². The number of carbonyl (C=O) groups excluding carboxylic acids is 2. The van der Waals surface area contributed by atoms with Gasteiger partial charge in [0.1, 0.15) is 5.00 Å². The molecule has 1 aliphatic heterocycles. The fourth-order valence-electron chi connectivity index (χ4n) is 3.92. The van der Waals surface area contributed by atoms with Crippen LogP contribution in [0.3, 0.4) is 0 Å². The van der Waals surface area contributed by atoms with E-state index in [0.717, 1.165) is 41.4 Å². The summed E-state index contributed by atoms with van der Waals surface area (Å²) in [6.45, 7) is 4.57. The molecule has 5 nitrogen and oxygen atoms in total. The molecule has 0 saturated heterocycles. The van der Waals surface area contributed by atoms with Gasteiger partial charge in [0.15, 0.2) is 0 Å². The van der Waals surface area contributed by atoms with Gasteiger partial charge in [0, 0.05) is 46.6 Å². The van der Waals surface area contributed by atoms with E-state index < -0.39 is 0 Å². The van der Waals surface area contributed by atoms with Crippen LogP contribution in [-0.2, 0) is 29.0 Å². The summed E-state index contributed by atoms with van der Waals surface area (Å²) >= 11 is 9.02. The van der Waals surface area contributed by atoms with E-state index >= 15 is 0 Å². The number of fused-ring (bicyclic) bond motifs is 1. The van der Waals surface area contributed by atoms with Crippen LogP contribution in [0.5, 0.6) is 0 Å². The number of thioether (sulfide) groups is 1. The molecular weight excluding hydrogens is 523 g/mol. The maximum absolute atomic E-state index is 12.8. The SMILES string of the molecule is CCOC(=O)c1c(NC(=O)CCSc2ccc(Cl)cc2)sc2c1CCN(Cc1ccccc1)C2.Cl. The Morgan fingerprint density at radius 2 is 1.89 bits per heavy atom. The number of thiophene rings is 1. The summed E-state index contributed by atoms with van der Waals surface area (Å²) < 4.78 is 5.33. The minimum Gasteiger partial charge on any atom is -0.462 e. The zero-order chi connectivity index (χ0) is 23.9. The quantitative estimate of drug-likeness (QED) is 0.238. The second-order valence-corrected chi connectivity index (χ2v) is 10.7. The number of halogens is 2. The number of esters is 1. The molecule has 1 N–H and O–H groups in total. The number of nitrogens with zero attached hydrogens (tertiary/aromatic N) is 1. The molecule has 3 aromatic rings. The lowest BCUT2D eigenvalue weighted by molar-refractivity contribution is -0.115. The number of hydrogen-bond donors (Lipinski definition) is 1. The Balaban J connectivity index is 0.00000342. The van der Waals surface area contributed by atoms with Crippen LogP contribution in [0.2, 0.25) is 5.02 Å². The second-order valence-electron chi connectivity index (χ2n) is 7.98. The highest BCUT2D eigenvalue weighted by Crippen LogP contribution is 2.38. The van der Waals surface area contributed by atoms with Crippen LogP contribution in [0.4, 0.5) is 5.00 Å². The van der Waals surface area contributed by atoms with Crippen molar-refractivity contribution in [1.82, 2.24) is 4.90 Å². The monoisotopic (exact) mass is 550 g/mol. The van der Waals surface area contributed by atoms with Crippen LogP contribution in [0, 0.1) is 0 Å². The zero-order valence-corrected chi connectivity index (χ0v) is 22.6. The van der Waals surface area contributed by atoms with Gasteiger partial charge in [-0.2, -0.15) is 0 Å². The molecule has 0 radical (unpaired) electrons. The van der Waals surface area contributed by atoms with Gasteiger partial charge in [-0.25, -0.2) is 4.79 Å². The summed E-state index contributed by atoms with van der Waals surface area (Å²) in [7, 11) is 0. The van der Waals surface area contributed by atoms with Crippen LogP contribution < -0.4 is 5.32 Å². The molecule has 2 aromatic carbocycles. The summed E-state index contributed by atoms with van der Waals surface area (Å²) in [4.78, 5) is 30.0. The van der Waals surface area contributed by atoms with E-state index in [-0.39, 0.29) is 24.3 Å². The van der Waals surface area contributed by atoms with Crippen LogP contribution in [0.25, 0.3) is 0 Å². The molecule has 9 heteroatoms. The average Bonchev–Trinajstić information content (AvgIpc) is 3.18. The first-order chi connectivity index (χ1) is 16.5. The third kappa shape index (κ3) is 7.48. The number of anilines is 1. The third-order valence-corrected chi connectivity index (χ3v) is 7.93. The van der Waals surface area contributed by atoms with Crippen molar-refractivity contribution < 1.29 is 14.3 Å². The standard InChI is InChI=1S/C26H27ClN2O3S2.ClH/c1-2-32-26(31)24-21-12-14-29(16-18-6-4-3-5-7-18)17-22(21)34-25(24)28-23(30)13-15-33-20-10-8-19(27)9-11-20;/h3-11H,2,12-17H2,1H3,(H,28,30);1H. The number of carbonyl (C=O) groups is 2. The van der Waals surface area contributed by atoms with Gasteiger partial charge in [0.25, 0.3) is 0 Å². The lowest BCUT2D eigenvalue weighted by atomic mass is 10.0. The largest absolute Gasteiger partial charge is 0.462 e. The molecule has 0 fully saturated rings. The Morgan fingerprint density at radius 3 is 2.60 bits per heavy atom. The maximum Gasteiger partial charge on any atom is 0.341 e. The highest BCUT2D eigenvalue weighted by Gasteiger charge is 2.29. The van der Waals surface area contributed by atoms with Crippen molar-refractivity contribution in [1.29, 1.82) is 0 Å². The van der Waals surface area contributed by atoms with E-state index in [2.05, 4.69) is 22.3 Å². The summed E-state index contributed by atoms with van der Waals surface area (Å²) in [6, 6.07) is 17.9. The van der Waals surface area contributed by atoms with Crippen molar-refractivity contribution in [3.05, 3.63) is 81.2 Å². The number of amides is 1. The molecule has 0 spiro atoms. The number of nitrogens with one attached hydrogen (secondary N) is 1. The van der Waals surface area contributed by atoms with Gasteiger partial charge in [0.2, 0.25) is 5.91 Å². The maximum atomic E-state index is 12.8. The van der Waals surface area contributed by atoms with E-state index in [9.17, 15) is 9.59 Å². The molecule has 0 atom stereocenters. The lowest BCUT2D eigenvalue weighted by Gasteiger charge is -2.27. The van der Waals surface area contributed by atoms with Crippen molar-refractivity contribution >= 4 is 64.0 Å². The molecule has 0 unspecified atom stereocenters. The highest BCUT2D eigenvalue weighted by atomic mass is 35.5. The van der Waals surface area contributed by atoms with Crippen molar-refractivity contribution in [3.63, 3.8) is 0 Å². The van der Waals surface area contributed by atoms with Crippen LogP contribution in [0.1, 0.15) is 39.7 Å².